The predicted molar refractivity (Wildman–Crippen MR) is 323 cm³/mol. The molecule has 4 heteroatoms. The summed E-state index contributed by atoms with van der Waals surface area (Å²) in [6.45, 7) is 0. The van der Waals surface area contributed by atoms with Crippen LogP contribution in [0.4, 0.5) is 34.1 Å². The topological polar surface area (TPSA) is 16.3 Å². The standard InChI is InChI=1S/C72H46N4/c1-3-19-53(20-4-1)75-65-25-13-11-23-59(65)63-45-57(35-41-69(63)75)73(55-33-27-47-15-7-9-17-51(47)43-55)67-39-31-49-30-38-62-68(40-32-50-29-37-61(67)71(49)72(50)62)74(56-34-28-48-16-8-10-18-52(48)44-56)58-36-42-70-64(46-58)60-24-12-14-26-66(60)76(70)54-21-5-2-6-22-54/h1-46H. The number of para-hydroxylation sites is 4. The molecule has 4 nitrogen and oxygen atoms in total. The first-order valence-electron chi connectivity index (χ1n) is 26.2. The van der Waals surface area contributed by atoms with E-state index < -0.39 is 0 Å². The summed E-state index contributed by atoms with van der Waals surface area (Å²) < 4.78 is 4.79. The van der Waals surface area contributed by atoms with Gasteiger partial charge in [-0.2, -0.15) is 0 Å². The van der Waals surface area contributed by atoms with E-state index in [1.807, 2.05) is 0 Å². The Labute approximate surface area is 438 Å². The lowest BCUT2D eigenvalue weighted by Crippen LogP contribution is -2.11. The van der Waals surface area contributed by atoms with Crippen LogP contribution in [0.5, 0.6) is 0 Å². The molecule has 0 aliphatic rings. The van der Waals surface area contributed by atoms with Crippen molar-refractivity contribution in [3.8, 4) is 11.4 Å². The molecule has 76 heavy (non-hydrogen) atoms. The molecule has 354 valence electrons. The van der Waals surface area contributed by atoms with Gasteiger partial charge in [0.05, 0.1) is 33.4 Å². The van der Waals surface area contributed by atoms with Gasteiger partial charge in [0, 0.05) is 66.4 Å². The molecule has 0 unspecified atom stereocenters. The quantitative estimate of drug-likeness (QED) is 0.141. The van der Waals surface area contributed by atoms with E-state index >= 15 is 0 Å². The molecule has 0 aliphatic heterocycles. The van der Waals surface area contributed by atoms with Gasteiger partial charge in [-0.25, -0.2) is 0 Å². The lowest BCUT2D eigenvalue weighted by atomic mass is 9.91. The average Bonchev–Trinajstić information content (AvgIpc) is 4.08. The summed E-state index contributed by atoms with van der Waals surface area (Å²) >= 11 is 0. The molecule has 0 radical (unpaired) electrons. The van der Waals surface area contributed by atoms with E-state index in [0.717, 1.165) is 45.5 Å². The van der Waals surface area contributed by atoms with Crippen molar-refractivity contribution < 1.29 is 0 Å². The van der Waals surface area contributed by atoms with Crippen LogP contribution in [-0.4, -0.2) is 9.13 Å². The number of aromatic nitrogens is 2. The Morgan fingerprint density at radius 3 is 1.01 bits per heavy atom. The third-order valence-corrected chi connectivity index (χ3v) is 15.9. The van der Waals surface area contributed by atoms with Gasteiger partial charge in [0.25, 0.3) is 0 Å². The fraction of sp³-hybridized carbons (Fsp3) is 0. The molecule has 0 spiro atoms. The SMILES string of the molecule is c1ccc(-n2c3ccccc3c3cc(N(c4ccc5ccccc5c4)c4ccc5ccc6c(N(c7ccc8ccccc8c7)c7ccc8c(c7)c7ccccc7n8-c7ccccc7)ccc7ccc4c5c76)ccc32)cc1. The number of hydrogen-bond acceptors (Lipinski definition) is 2. The molecule has 0 aliphatic carbocycles. The number of fused-ring (bicyclic) bond motifs is 8. The highest BCUT2D eigenvalue weighted by Gasteiger charge is 2.24. The highest BCUT2D eigenvalue weighted by molar-refractivity contribution is 6.28. The first-order chi connectivity index (χ1) is 37.7. The van der Waals surface area contributed by atoms with Crippen LogP contribution in [0.25, 0.3) is 109 Å². The molecule has 0 N–H and O–H groups in total. The average molecular weight is 967 g/mol. The lowest BCUT2D eigenvalue weighted by molar-refractivity contribution is 1.18. The van der Waals surface area contributed by atoms with Crippen molar-refractivity contribution in [1.29, 1.82) is 0 Å². The second-order valence-corrected chi connectivity index (χ2v) is 20.1. The van der Waals surface area contributed by atoms with Crippen molar-refractivity contribution in [1.82, 2.24) is 9.13 Å². The van der Waals surface area contributed by atoms with E-state index in [9.17, 15) is 0 Å². The molecular formula is C72H46N4. The second-order valence-electron chi connectivity index (χ2n) is 20.1. The van der Waals surface area contributed by atoms with Crippen LogP contribution >= 0.6 is 0 Å². The highest BCUT2D eigenvalue weighted by atomic mass is 15.2. The summed E-state index contributed by atoms with van der Waals surface area (Å²) in [5.74, 6) is 0. The van der Waals surface area contributed by atoms with Gasteiger partial charge in [-0.3, -0.25) is 0 Å². The van der Waals surface area contributed by atoms with Crippen LogP contribution in [-0.2, 0) is 0 Å². The minimum atomic E-state index is 1.10. The Bertz CT molecular complexity index is 4640. The summed E-state index contributed by atoms with van der Waals surface area (Å²) in [5, 5.41) is 17.0. The molecule has 16 rings (SSSR count). The molecule has 2 aromatic heterocycles. The van der Waals surface area contributed by atoms with Crippen LogP contribution in [0.1, 0.15) is 0 Å². The Balaban J connectivity index is 0.933. The van der Waals surface area contributed by atoms with Gasteiger partial charge in [-0.1, -0.05) is 170 Å². The van der Waals surface area contributed by atoms with Gasteiger partial charge in [-0.15, -0.1) is 0 Å². The maximum atomic E-state index is 2.48. The Morgan fingerprint density at radius 2 is 0.553 bits per heavy atom. The third kappa shape index (κ3) is 6.44. The van der Waals surface area contributed by atoms with Gasteiger partial charge in [0.15, 0.2) is 0 Å². The van der Waals surface area contributed by atoms with Crippen molar-refractivity contribution in [3.63, 3.8) is 0 Å². The molecular weight excluding hydrogens is 921 g/mol. The number of benzene rings is 14. The number of hydrogen-bond donors (Lipinski definition) is 0. The normalized spacial score (nSPS) is 11.9. The molecule has 2 heterocycles. The monoisotopic (exact) mass is 966 g/mol. The van der Waals surface area contributed by atoms with Crippen molar-refractivity contribution in [2.75, 3.05) is 9.80 Å². The Hall–Kier alpha value is -10.2. The molecule has 14 aromatic carbocycles. The summed E-state index contributed by atoms with van der Waals surface area (Å²) in [4.78, 5) is 4.96. The molecule has 0 saturated carbocycles. The first kappa shape index (κ1) is 42.4. The van der Waals surface area contributed by atoms with Crippen molar-refractivity contribution in [2.24, 2.45) is 0 Å². The molecule has 0 fully saturated rings. The molecule has 0 atom stereocenters. The minimum Gasteiger partial charge on any atom is -0.310 e. The molecule has 0 saturated heterocycles. The summed E-state index contributed by atoms with van der Waals surface area (Å²) in [7, 11) is 0. The van der Waals surface area contributed by atoms with Gasteiger partial charge >= 0.3 is 0 Å². The Kier molecular flexibility index (Phi) is 9.30. The Morgan fingerprint density at radius 1 is 0.211 bits per heavy atom. The van der Waals surface area contributed by atoms with Crippen molar-refractivity contribution in [3.05, 3.63) is 279 Å². The smallest absolute Gasteiger partial charge is 0.0542 e. The van der Waals surface area contributed by atoms with Gasteiger partial charge in [-0.05, 0) is 152 Å². The predicted octanol–water partition coefficient (Wildman–Crippen LogP) is 20.0. The summed E-state index contributed by atoms with van der Waals surface area (Å²) in [6, 6.07) is 103. The fourth-order valence-electron chi connectivity index (χ4n) is 12.6. The molecule has 0 bridgehead atoms. The first-order valence-corrected chi connectivity index (χ1v) is 26.2. The summed E-state index contributed by atoms with van der Waals surface area (Å²) in [5.41, 5.74) is 13.7. The van der Waals surface area contributed by atoms with Gasteiger partial charge < -0.3 is 18.9 Å². The zero-order valence-corrected chi connectivity index (χ0v) is 41.3. The van der Waals surface area contributed by atoms with Crippen LogP contribution in [0.3, 0.4) is 0 Å². The zero-order chi connectivity index (χ0) is 49.8. The number of nitrogens with zero attached hydrogens (tertiary/aromatic N) is 4. The van der Waals surface area contributed by atoms with Gasteiger partial charge in [0.2, 0.25) is 0 Å². The van der Waals surface area contributed by atoms with Crippen molar-refractivity contribution >= 4 is 132 Å². The fourth-order valence-corrected chi connectivity index (χ4v) is 12.6. The van der Waals surface area contributed by atoms with Crippen molar-refractivity contribution in [2.45, 2.75) is 0 Å². The van der Waals surface area contributed by atoms with Crippen LogP contribution in [0.15, 0.2) is 279 Å². The summed E-state index contributed by atoms with van der Waals surface area (Å²) in [6.07, 6.45) is 0. The zero-order valence-electron chi connectivity index (χ0n) is 41.3. The maximum absolute atomic E-state index is 2.48. The van der Waals surface area contributed by atoms with E-state index in [1.54, 1.807) is 0 Å². The van der Waals surface area contributed by atoms with E-state index in [1.165, 1.54) is 97.5 Å². The van der Waals surface area contributed by atoms with E-state index in [-0.39, 0.29) is 0 Å². The largest absolute Gasteiger partial charge is 0.310 e. The lowest BCUT2D eigenvalue weighted by Gasteiger charge is -2.30. The maximum Gasteiger partial charge on any atom is 0.0542 e. The van der Waals surface area contributed by atoms with Crippen LogP contribution in [0, 0.1) is 0 Å². The second kappa shape index (κ2) is 16.7. The van der Waals surface area contributed by atoms with E-state index in [0.29, 0.717) is 0 Å². The third-order valence-electron chi connectivity index (χ3n) is 15.9. The highest BCUT2D eigenvalue weighted by Crippen LogP contribution is 2.49. The minimum absolute atomic E-state index is 1.10. The number of anilines is 6. The van der Waals surface area contributed by atoms with Crippen LogP contribution in [0.2, 0.25) is 0 Å². The van der Waals surface area contributed by atoms with E-state index in [4.69, 9.17) is 0 Å². The number of rotatable bonds is 8. The van der Waals surface area contributed by atoms with Crippen LogP contribution < -0.4 is 9.80 Å². The van der Waals surface area contributed by atoms with Gasteiger partial charge in [0.1, 0.15) is 0 Å². The van der Waals surface area contributed by atoms with E-state index in [2.05, 4.69) is 298 Å². The molecule has 16 aromatic rings. The molecule has 0 amide bonds.